The second-order valence-corrected chi connectivity index (χ2v) is 28.6. The highest BCUT2D eigenvalue weighted by Gasteiger charge is 2.64. The number of rotatable bonds is 14. The second kappa shape index (κ2) is 28.3. The van der Waals surface area contributed by atoms with Crippen molar-refractivity contribution in [2.45, 2.75) is 275 Å². The van der Waals surface area contributed by atoms with Crippen LogP contribution in [0.15, 0.2) is 58.4 Å². The van der Waals surface area contributed by atoms with Crippen molar-refractivity contribution in [3.63, 3.8) is 0 Å². The fraction of sp³-hybridized carbons (Fsp3) is 0.806. The fourth-order valence-corrected chi connectivity index (χ4v) is 17.2. The van der Waals surface area contributed by atoms with E-state index in [4.69, 9.17) is 61.6 Å². The number of amides is 1. The van der Waals surface area contributed by atoms with E-state index in [0.29, 0.717) is 17.6 Å². The summed E-state index contributed by atoms with van der Waals surface area (Å²) in [6.07, 6.45) is -8.05. The molecule has 93 heavy (non-hydrogen) atoms. The van der Waals surface area contributed by atoms with Crippen LogP contribution in [0.4, 0.5) is 4.79 Å². The first kappa shape index (κ1) is 71.4. The van der Waals surface area contributed by atoms with Gasteiger partial charge in [-0.3, -0.25) is 14.9 Å². The molecule has 1 amide bonds. The molecule has 26 heteroatoms. The number of carbonyl (C=O) groups is 3. The van der Waals surface area contributed by atoms with Crippen LogP contribution in [0.25, 0.3) is 0 Å². The Morgan fingerprint density at radius 3 is 1.92 bits per heavy atom. The van der Waals surface area contributed by atoms with Crippen molar-refractivity contribution in [1.29, 1.82) is 0 Å². The van der Waals surface area contributed by atoms with Gasteiger partial charge in [-0.1, -0.05) is 63.6 Å². The van der Waals surface area contributed by atoms with Gasteiger partial charge in [-0.15, -0.1) is 0 Å². The van der Waals surface area contributed by atoms with Gasteiger partial charge >= 0.3 is 12.1 Å². The molecule has 0 aromatic rings. The van der Waals surface area contributed by atoms with Crippen molar-refractivity contribution in [2.75, 3.05) is 20.8 Å². The largest absolute Gasteiger partial charge is 0.511 e. The van der Waals surface area contributed by atoms with Crippen LogP contribution in [0.5, 0.6) is 0 Å². The summed E-state index contributed by atoms with van der Waals surface area (Å²) in [6.45, 7) is 21.2. The lowest BCUT2D eigenvalue weighted by Gasteiger charge is -2.56. The zero-order chi connectivity index (χ0) is 67.7. The molecule has 10 aliphatic rings. The average molecular weight is 1320 g/mol. The number of fused-ring (bicyclic) bond motifs is 4. The van der Waals surface area contributed by atoms with E-state index < -0.39 is 209 Å². The van der Waals surface area contributed by atoms with E-state index in [1.807, 2.05) is 32.9 Å². The number of nitrogens with one attached hydrogen (secondary N) is 1. The number of hydrogen-bond donors (Lipinski definition) is 7. The molecule has 0 aromatic carbocycles. The molecule has 6 heterocycles. The highest BCUT2D eigenvalue weighted by molar-refractivity contribution is 6.26. The number of carbonyl (C=O) groups excluding carboxylic acids is 3. The number of ketones is 1. The van der Waals surface area contributed by atoms with Crippen LogP contribution in [0.1, 0.15) is 134 Å². The summed E-state index contributed by atoms with van der Waals surface area (Å²) in [7, 11) is 2.66. The van der Waals surface area contributed by atoms with E-state index in [1.54, 1.807) is 53.7 Å². The van der Waals surface area contributed by atoms with E-state index in [1.165, 1.54) is 14.0 Å². The van der Waals surface area contributed by atoms with E-state index in [0.717, 1.165) is 12.7 Å². The van der Waals surface area contributed by atoms with E-state index in [9.17, 15) is 50.3 Å². The first-order valence-electron chi connectivity index (χ1n) is 33.2. The molecule has 1 saturated carbocycles. The average Bonchev–Trinajstić information content (AvgIpc) is 1.70. The maximum atomic E-state index is 15.7. The molecular formula is C67H100N2O24. The number of ether oxygens (including phenoxy) is 13. The van der Waals surface area contributed by atoms with Crippen LogP contribution < -0.4 is 5.32 Å². The summed E-state index contributed by atoms with van der Waals surface area (Å²) < 4.78 is 82.0. The maximum absolute atomic E-state index is 15.7. The third-order valence-electron chi connectivity index (χ3n) is 22.3. The van der Waals surface area contributed by atoms with Crippen molar-refractivity contribution in [1.82, 2.24) is 5.32 Å². The van der Waals surface area contributed by atoms with Crippen LogP contribution >= 0.6 is 0 Å². The molecule has 26 nitrogen and oxygen atoms in total. The summed E-state index contributed by atoms with van der Waals surface area (Å²) >= 11 is 0. The summed E-state index contributed by atoms with van der Waals surface area (Å²) in [5.74, 6) is -5.33. The van der Waals surface area contributed by atoms with Crippen LogP contribution in [0.2, 0.25) is 0 Å². The molecule has 6 saturated heterocycles. The van der Waals surface area contributed by atoms with Crippen LogP contribution in [0.3, 0.4) is 0 Å². The van der Waals surface area contributed by atoms with E-state index in [-0.39, 0.29) is 63.4 Å². The predicted molar refractivity (Wildman–Crippen MR) is 327 cm³/mol. The number of aliphatic hydroxyl groups excluding tert-OH is 6. The van der Waals surface area contributed by atoms with Gasteiger partial charge in [0.15, 0.2) is 37.1 Å². The lowest BCUT2D eigenvalue weighted by atomic mass is 9.49. The Morgan fingerprint density at radius 1 is 0.688 bits per heavy atom. The van der Waals surface area contributed by atoms with Gasteiger partial charge in [0.05, 0.1) is 87.3 Å². The van der Waals surface area contributed by atoms with Crippen LogP contribution in [0, 0.1) is 57.0 Å². The minimum Gasteiger partial charge on any atom is -0.511 e. The molecule has 0 radical (unpaired) electrons. The molecule has 31 atom stereocenters. The highest BCUT2D eigenvalue weighted by Crippen LogP contribution is 2.61. The number of aliphatic hydroxyl groups is 6. The van der Waals surface area contributed by atoms with Crippen LogP contribution in [-0.4, -0.2) is 214 Å². The smallest absolute Gasteiger partial charge is 0.407 e. The number of nitro groups is 1. The quantitative estimate of drug-likeness (QED) is 0.0373. The molecule has 10 rings (SSSR count). The Kier molecular flexibility index (Phi) is 21.7. The minimum absolute atomic E-state index is 0.00999. The standard InChI is InChI=1S/C67H100N2O24/c1-29-15-18-45(88-52-27-65(11,69(79)80)60(38(10)87-52)68-64(78)82-14)30(2)20-40-21-39(28-70)33(5)26-67(40)62(76)53(63(77)93-67)61(75)66(12)42(29)17-16-41-54(66)31(3)19-32(4)57(41)91-51-24-46(56(74)35(7)84-51)89-50-25-47(90-48-22-43(71)55(73)34(6)83-48)59(37(9)86-50)92-49-23-44(72)58(81-13)36(8)85-49/h15-17,20-21,31-38,40-52,54-60,70-75H,18-19,22-28H2,1-14H3,(H,68,78)/b29-15?,30-20+,61-53-/t31-,32-,33+,34-,35-,36-,37-,38+,40+,41-,42-,43-,44+,45-,46+,47?,48-,49+,50-,51-,52-,54+,55-,56-,57-,58-,59?,60-,65-,66+,67-/m0/s1. The molecule has 7 fully saturated rings. The predicted octanol–water partition coefficient (Wildman–Crippen LogP) is 5.45. The van der Waals surface area contributed by atoms with Crippen LogP contribution in [-0.2, 0) is 71.2 Å². The van der Waals surface area contributed by atoms with E-state index >= 15 is 4.79 Å². The zero-order valence-electron chi connectivity index (χ0n) is 55.9. The lowest BCUT2D eigenvalue weighted by molar-refractivity contribution is -0.584. The number of nitrogens with zero attached hydrogens (tertiary/aromatic N) is 1. The molecule has 1 spiro atoms. The number of esters is 1. The number of alkyl carbamates (subject to hydrolysis) is 1. The number of methoxy groups -OCH3 is 2. The molecule has 0 aromatic heterocycles. The van der Waals surface area contributed by atoms with E-state index in [2.05, 4.69) is 25.2 Å². The van der Waals surface area contributed by atoms with Gasteiger partial charge in [0.25, 0.3) is 0 Å². The Morgan fingerprint density at radius 2 is 1.28 bits per heavy atom. The summed E-state index contributed by atoms with van der Waals surface area (Å²) in [6, 6.07) is -1.09. The molecular weight excluding hydrogens is 1220 g/mol. The van der Waals surface area contributed by atoms with Gasteiger partial charge in [0.1, 0.15) is 41.8 Å². The summed E-state index contributed by atoms with van der Waals surface area (Å²) in [5, 5.41) is 83.6. The van der Waals surface area contributed by atoms with Gasteiger partial charge in [0, 0.05) is 74.2 Å². The first-order valence-corrected chi connectivity index (χ1v) is 33.2. The minimum atomic E-state index is -1.84. The maximum Gasteiger partial charge on any atom is 0.407 e. The fourth-order valence-electron chi connectivity index (χ4n) is 17.2. The van der Waals surface area contributed by atoms with Crippen molar-refractivity contribution in [3.05, 3.63) is 68.5 Å². The number of hydrogen-bond acceptors (Lipinski definition) is 24. The molecule has 7 N–H and O–H groups in total. The van der Waals surface area contributed by atoms with Gasteiger partial charge in [-0.25, -0.2) is 9.59 Å². The van der Waals surface area contributed by atoms with Gasteiger partial charge < -0.3 is 97.5 Å². The molecule has 2 bridgehead atoms. The summed E-state index contributed by atoms with van der Waals surface area (Å²) in [5.41, 5.74) is -3.49. The third-order valence-corrected chi connectivity index (χ3v) is 22.3. The zero-order valence-corrected chi connectivity index (χ0v) is 55.9. The van der Waals surface area contributed by atoms with Crippen molar-refractivity contribution < 1.29 is 112 Å². The highest BCUT2D eigenvalue weighted by atomic mass is 16.8. The SMILES string of the molecule is COC(=O)N[C@H]1[C@@H](C)O[C@@H](O[C@H]2CC=C(C)[C@@H]3C=C[C@@H]4[C@@H](O[C@H]5C[C@@H](O[C@H]6CC(O[C@H]7C[C@H](O)[C@@H](O)[C@H](C)O7)C(O[C@@H]7C[C@@H](O)[C@@H](OC)[C@H](C)O7)[C@H](C)O6)[C@@H](O)[C@H](C)O5)[C@@H](C)C[C@H](C)[C@H]4[C@]3(C)/C(O)=C3/C(=O)O[C@]4(C[C@@H](C)C(CO)=C[C@H]4/C=C/2C)C3=O)C[C@]1(C)[N+](=O)[O-]. The molecule has 2 unspecified atom stereocenters. The first-order chi connectivity index (χ1) is 43.9. The Bertz CT molecular complexity index is 2880. The normalized spacial score (nSPS) is 49.3. The Hall–Kier alpha value is -4.33. The lowest BCUT2D eigenvalue weighted by Crippen LogP contribution is -2.65. The summed E-state index contributed by atoms with van der Waals surface area (Å²) in [4.78, 5) is 55.4. The van der Waals surface area contributed by atoms with Crippen molar-refractivity contribution in [3.8, 4) is 0 Å². The van der Waals surface area contributed by atoms with Gasteiger partial charge in [-0.2, -0.15) is 0 Å². The Labute approximate surface area is 543 Å². The monoisotopic (exact) mass is 1320 g/mol. The number of allylic oxidation sites excluding steroid dienone is 3. The molecule has 6 aliphatic heterocycles. The van der Waals surface area contributed by atoms with Crippen molar-refractivity contribution in [2.24, 2.45) is 46.8 Å². The second-order valence-electron chi connectivity index (χ2n) is 28.6. The van der Waals surface area contributed by atoms with Crippen molar-refractivity contribution >= 4 is 17.8 Å². The molecule has 522 valence electrons. The number of Topliss-reactive ketones (excluding diaryl/α,β-unsaturated/α-hetero) is 1. The molecule has 4 aliphatic carbocycles. The van der Waals surface area contributed by atoms with Gasteiger partial charge in [-0.05, 0) is 96.1 Å². The van der Waals surface area contributed by atoms with Gasteiger partial charge in [0.2, 0.25) is 11.3 Å². The Balaban J connectivity index is 0.943. The third kappa shape index (κ3) is 13.7. The topological polar surface area (TPSA) is 348 Å².